The Morgan fingerprint density at radius 1 is 1.06 bits per heavy atom. The van der Waals surface area contributed by atoms with Crippen molar-refractivity contribution in [3.8, 4) is 5.69 Å². The third kappa shape index (κ3) is 3.85. The van der Waals surface area contributed by atoms with Crippen LogP contribution in [0.4, 0.5) is 0 Å². The number of esters is 1. The van der Waals surface area contributed by atoms with Crippen LogP contribution in [0.5, 0.6) is 0 Å². The summed E-state index contributed by atoms with van der Waals surface area (Å²) in [7, 11) is 1.36. The molecule has 0 bridgehead atoms. The molecule has 0 radical (unpaired) electrons. The van der Waals surface area contributed by atoms with Gasteiger partial charge < -0.3 is 13.7 Å². The topological polar surface area (TPSA) is 85.8 Å². The van der Waals surface area contributed by atoms with Crippen LogP contribution in [0.25, 0.3) is 16.7 Å². The smallest absolute Gasteiger partial charge is 0.339 e. The Balaban J connectivity index is 1.57. The molecule has 7 nitrogen and oxygen atoms in total. The third-order valence-electron chi connectivity index (χ3n) is 5.04. The number of nitrogens with zero attached hydrogens (tertiary/aromatic N) is 2. The Labute approximate surface area is 178 Å². The Morgan fingerprint density at radius 2 is 1.81 bits per heavy atom. The van der Waals surface area contributed by atoms with Gasteiger partial charge >= 0.3 is 11.9 Å². The molecule has 2 heterocycles. The van der Waals surface area contributed by atoms with Crippen molar-refractivity contribution in [3.05, 3.63) is 88.9 Å². The van der Waals surface area contributed by atoms with E-state index in [1.807, 2.05) is 54.8 Å². The lowest BCUT2D eigenvalue weighted by atomic mass is 10.1. The zero-order valence-electron chi connectivity index (χ0n) is 17.4. The van der Waals surface area contributed by atoms with Gasteiger partial charge in [-0.25, -0.2) is 10.2 Å². The number of aromatic nitrogens is 1. The average Bonchev–Trinajstić information content (AvgIpc) is 3.34. The number of rotatable bonds is 5. The van der Waals surface area contributed by atoms with E-state index in [0.29, 0.717) is 11.1 Å². The van der Waals surface area contributed by atoms with Gasteiger partial charge in [-0.2, -0.15) is 5.10 Å². The molecule has 1 amide bonds. The van der Waals surface area contributed by atoms with Crippen LogP contribution in [0.3, 0.4) is 0 Å². The minimum Gasteiger partial charge on any atom is -0.465 e. The Bertz CT molecular complexity index is 1280. The van der Waals surface area contributed by atoms with Crippen LogP contribution >= 0.6 is 0 Å². The number of amides is 1. The summed E-state index contributed by atoms with van der Waals surface area (Å²) in [4.78, 5) is 24.5. The van der Waals surface area contributed by atoms with Crippen molar-refractivity contribution >= 4 is 29.1 Å². The summed E-state index contributed by atoms with van der Waals surface area (Å²) in [5.41, 5.74) is 6.92. The van der Waals surface area contributed by atoms with E-state index in [-0.39, 0.29) is 5.76 Å². The number of nitrogens with one attached hydrogen (secondary N) is 1. The molecule has 2 aromatic heterocycles. The summed E-state index contributed by atoms with van der Waals surface area (Å²) in [6, 6.07) is 18.2. The highest BCUT2D eigenvalue weighted by molar-refractivity contribution is 5.97. The lowest BCUT2D eigenvalue weighted by Crippen LogP contribution is -2.16. The molecule has 1 N–H and O–H groups in total. The fraction of sp³-hybridized carbons (Fsp3) is 0.125. The van der Waals surface area contributed by atoms with E-state index in [2.05, 4.69) is 10.5 Å². The van der Waals surface area contributed by atoms with Crippen LogP contribution in [0, 0.1) is 13.8 Å². The molecule has 0 saturated heterocycles. The normalized spacial score (nSPS) is 11.2. The number of hydrazone groups is 1. The molecule has 0 aliphatic heterocycles. The number of furan rings is 1. The molecule has 0 unspecified atom stereocenters. The summed E-state index contributed by atoms with van der Waals surface area (Å²) >= 11 is 0. The molecule has 4 aromatic rings. The Kier molecular flexibility index (Phi) is 5.41. The number of hydrogen-bond donors (Lipinski definition) is 1. The van der Waals surface area contributed by atoms with Crippen LogP contribution in [-0.4, -0.2) is 29.8 Å². The number of benzene rings is 2. The van der Waals surface area contributed by atoms with E-state index in [4.69, 9.17) is 9.15 Å². The third-order valence-corrected chi connectivity index (χ3v) is 5.04. The number of carbonyl (C=O) groups excluding carboxylic acids is 2. The Morgan fingerprint density at radius 3 is 2.58 bits per heavy atom. The molecule has 0 spiro atoms. The van der Waals surface area contributed by atoms with Crippen LogP contribution in [-0.2, 0) is 4.74 Å². The molecule has 31 heavy (non-hydrogen) atoms. The zero-order chi connectivity index (χ0) is 22.0. The summed E-state index contributed by atoms with van der Waals surface area (Å²) in [5, 5.41) is 4.93. The maximum absolute atomic E-state index is 12.4. The van der Waals surface area contributed by atoms with Crippen molar-refractivity contribution in [2.75, 3.05) is 7.11 Å². The van der Waals surface area contributed by atoms with Crippen molar-refractivity contribution in [2.24, 2.45) is 5.10 Å². The van der Waals surface area contributed by atoms with Gasteiger partial charge in [-0.15, -0.1) is 0 Å². The second-order valence-corrected chi connectivity index (χ2v) is 7.02. The standard InChI is InChI=1S/C24H21N3O4/c1-15-12-18(16(2)27(15)20-10-6-5-9-19(20)24(29)30-3)14-25-26-23(28)22-13-17-8-4-7-11-21(17)31-22/h4-14H,1-3H3,(H,26,28)/b25-14+. The van der Waals surface area contributed by atoms with Gasteiger partial charge in [0.25, 0.3) is 0 Å². The molecular formula is C24H21N3O4. The van der Waals surface area contributed by atoms with Crippen molar-refractivity contribution in [3.63, 3.8) is 0 Å². The number of para-hydroxylation sites is 2. The second-order valence-electron chi connectivity index (χ2n) is 7.02. The number of carbonyl (C=O) groups is 2. The zero-order valence-corrected chi connectivity index (χ0v) is 17.4. The van der Waals surface area contributed by atoms with Crippen LogP contribution in [0.1, 0.15) is 37.9 Å². The number of hydrogen-bond acceptors (Lipinski definition) is 5. The maximum Gasteiger partial charge on any atom is 0.339 e. The lowest BCUT2D eigenvalue weighted by molar-refractivity contribution is 0.0600. The van der Waals surface area contributed by atoms with Gasteiger partial charge in [0.15, 0.2) is 5.76 Å². The fourth-order valence-corrected chi connectivity index (χ4v) is 3.55. The summed E-state index contributed by atoms with van der Waals surface area (Å²) in [6.45, 7) is 3.86. The first-order valence-corrected chi connectivity index (χ1v) is 9.68. The first-order chi connectivity index (χ1) is 15.0. The molecule has 0 aliphatic carbocycles. The monoisotopic (exact) mass is 415 g/mol. The largest absolute Gasteiger partial charge is 0.465 e. The number of aryl methyl sites for hydroxylation is 1. The Hall–Kier alpha value is -4.13. The summed E-state index contributed by atoms with van der Waals surface area (Å²) in [6.07, 6.45) is 1.57. The lowest BCUT2D eigenvalue weighted by Gasteiger charge is -2.13. The molecule has 0 fully saturated rings. The van der Waals surface area contributed by atoms with E-state index in [1.54, 1.807) is 30.5 Å². The molecule has 0 aliphatic rings. The maximum atomic E-state index is 12.4. The molecule has 0 saturated carbocycles. The fourth-order valence-electron chi connectivity index (χ4n) is 3.55. The summed E-state index contributed by atoms with van der Waals surface area (Å²) in [5.74, 6) is -0.649. The second kappa shape index (κ2) is 8.31. The highest BCUT2D eigenvalue weighted by atomic mass is 16.5. The van der Waals surface area contributed by atoms with Gasteiger partial charge in [-0.05, 0) is 44.2 Å². The number of ether oxygens (including phenoxy) is 1. The van der Waals surface area contributed by atoms with Crippen molar-refractivity contribution in [2.45, 2.75) is 13.8 Å². The highest BCUT2D eigenvalue weighted by Gasteiger charge is 2.17. The highest BCUT2D eigenvalue weighted by Crippen LogP contribution is 2.23. The van der Waals surface area contributed by atoms with Gasteiger partial charge in [-0.3, -0.25) is 4.79 Å². The minimum atomic E-state index is -0.433. The predicted molar refractivity (Wildman–Crippen MR) is 118 cm³/mol. The van der Waals surface area contributed by atoms with E-state index in [0.717, 1.165) is 28.0 Å². The van der Waals surface area contributed by atoms with E-state index in [9.17, 15) is 9.59 Å². The van der Waals surface area contributed by atoms with E-state index >= 15 is 0 Å². The molecular weight excluding hydrogens is 394 g/mol. The molecule has 0 atom stereocenters. The van der Waals surface area contributed by atoms with Gasteiger partial charge in [0, 0.05) is 22.3 Å². The number of methoxy groups -OCH3 is 1. The van der Waals surface area contributed by atoms with E-state index < -0.39 is 11.9 Å². The van der Waals surface area contributed by atoms with E-state index in [1.165, 1.54) is 7.11 Å². The predicted octanol–water partition coefficient (Wildman–Crippen LogP) is 4.39. The SMILES string of the molecule is COC(=O)c1ccccc1-n1c(C)cc(/C=N/NC(=O)c2cc3ccccc3o2)c1C. The van der Waals surface area contributed by atoms with Gasteiger partial charge in [0.2, 0.25) is 0 Å². The molecule has 4 rings (SSSR count). The van der Waals surface area contributed by atoms with Crippen molar-refractivity contribution in [1.82, 2.24) is 9.99 Å². The first kappa shape index (κ1) is 20.2. The average molecular weight is 415 g/mol. The van der Waals surface area contributed by atoms with Gasteiger partial charge in [0.1, 0.15) is 5.58 Å². The van der Waals surface area contributed by atoms with Crippen LogP contribution in [0.15, 0.2) is 70.2 Å². The molecule has 7 heteroatoms. The number of fused-ring (bicyclic) bond motifs is 1. The van der Waals surface area contributed by atoms with Crippen LogP contribution in [0.2, 0.25) is 0 Å². The van der Waals surface area contributed by atoms with Crippen molar-refractivity contribution < 1.29 is 18.7 Å². The quantitative estimate of drug-likeness (QED) is 0.298. The van der Waals surface area contributed by atoms with Gasteiger partial charge in [0.05, 0.1) is 24.6 Å². The van der Waals surface area contributed by atoms with Crippen LogP contribution < -0.4 is 5.43 Å². The van der Waals surface area contributed by atoms with Gasteiger partial charge in [-0.1, -0.05) is 30.3 Å². The molecule has 2 aromatic carbocycles. The minimum absolute atomic E-state index is 0.191. The molecule has 156 valence electrons. The first-order valence-electron chi connectivity index (χ1n) is 9.68. The van der Waals surface area contributed by atoms with Crippen molar-refractivity contribution in [1.29, 1.82) is 0 Å². The summed E-state index contributed by atoms with van der Waals surface area (Å²) < 4.78 is 12.4.